The van der Waals surface area contributed by atoms with Gasteiger partial charge in [0.05, 0.1) is 30.4 Å². The molecule has 0 saturated heterocycles. The highest BCUT2D eigenvalue weighted by atomic mass is 35.5. The number of nitrogens with zero attached hydrogens (tertiary/aromatic N) is 1. The maximum Gasteiger partial charge on any atom is 0.192 e. The SMILES string of the molecule is CC(C)(c1ccc(O)cc1)c1cc(Cl)c(OCCOCCO[Si](C)(C)C(C)(C)C)c(C#N)c1. The molecule has 0 atom stereocenters. The predicted molar refractivity (Wildman–Crippen MR) is 136 cm³/mol. The fraction of sp³-hybridized carbons (Fsp3) is 0.500. The van der Waals surface area contributed by atoms with Crippen LogP contribution in [-0.4, -0.2) is 39.9 Å². The number of halogens is 1. The van der Waals surface area contributed by atoms with Gasteiger partial charge in [-0.2, -0.15) is 5.26 Å². The molecule has 0 aliphatic rings. The van der Waals surface area contributed by atoms with Gasteiger partial charge in [0.15, 0.2) is 14.1 Å². The summed E-state index contributed by atoms with van der Waals surface area (Å²) < 4.78 is 17.6. The number of hydrogen-bond acceptors (Lipinski definition) is 5. The molecule has 2 aromatic rings. The highest BCUT2D eigenvalue weighted by molar-refractivity contribution is 6.74. The van der Waals surface area contributed by atoms with Gasteiger partial charge in [0.25, 0.3) is 0 Å². The predicted octanol–water partition coefficient (Wildman–Crippen LogP) is 6.66. The van der Waals surface area contributed by atoms with Crippen LogP contribution in [0.2, 0.25) is 23.2 Å². The first kappa shape index (κ1) is 27.2. The van der Waals surface area contributed by atoms with Crippen LogP contribution < -0.4 is 4.74 Å². The van der Waals surface area contributed by atoms with Gasteiger partial charge in [-0.25, -0.2) is 0 Å². The topological polar surface area (TPSA) is 71.7 Å². The molecule has 180 valence electrons. The molecule has 2 aromatic carbocycles. The van der Waals surface area contributed by atoms with Crippen LogP contribution in [0.1, 0.15) is 51.3 Å². The van der Waals surface area contributed by atoms with Crippen LogP contribution in [0, 0.1) is 11.3 Å². The van der Waals surface area contributed by atoms with Crippen molar-refractivity contribution < 1.29 is 19.0 Å². The van der Waals surface area contributed by atoms with E-state index in [9.17, 15) is 10.4 Å². The lowest BCUT2D eigenvalue weighted by Crippen LogP contribution is -2.41. The fourth-order valence-corrected chi connectivity index (χ4v) is 4.41. The molecule has 0 fully saturated rings. The summed E-state index contributed by atoms with van der Waals surface area (Å²) in [4.78, 5) is 0. The second-order valence-corrected chi connectivity index (χ2v) is 15.4. The van der Waals surface area contributed by atoms with Gasteiger partial charge in [-0.1, -0.05) is 58.4 Å². The van der Waals surface area contributed by atoms with Crippen LogP contribution >= 0.6 is 11.6 Å². The third-order valence-electron chi connectivity index (χ3n) is 6.45. The molecule has 0 aromatic heterocycles. The molecule has 5 nitrogen and oxygen atoms in total. The smallest absolute Gasteiger partial charge is 0.192 e. The Labute approximate surface area is 204 Å². The zero-order valence-corrected chi connectivity index (χ0v) is 22.5. The largest absolute Gasteiger partial charge is 0.508 e. The molecule has 1 N–H and O–H groups in total. The first-order valence-electron chi connectivity index (χ1n) is 11.2. The summed E-state index contributed by atoms with van der Waals surface area (Å²) in [7, 11) is -1.77. The van der Waals surface area contributed by atoms with Crippen molar-refractivity contribution in [2.45, 2.75) is 58.2 Å². The molecule has 0 unspecified atom stereocenters. The van der Waals surface area contributed by atoms with E-state index in [4.69, 9.17) is 25.5 Å². The Kier molecular flexibility index (Phi) is 9.00. The number of ether oxygens (including phenoxy) is 2. The molecule has 7 heteroatoms. The van der Waals surface area contributed by atoms with Crippen molar-refractivity contribution in [3.05, 3.63) is 58.1 Å². The van der Waals surface area contributed by atoms with Crippen molar-refractivity contribution in [1.82, 2.24) is 0 Å². The van der Waals surface area contributed by atoms with Gasteiger partial charge in [-0.3, -0.25) is 0 Å². The summed E-state index contributed by atoms with van der Waals surface area (Å²) in [5.74, 6) is 0.577. The van der Waals surface area contributed by atoms with E-state index in [1.807, 2.05) is 38.1 Å². The highest BCUT2D eigenvalue weighted by Gasteiger charge is 2.36. The van der Waals surface area contributed by atoms with Gasteiger partial charge in [0, 0.05) is 5.41 Å². The van der Waals surface area contributed by atoms with Gasteiger partial charge in [0.2, 0.25) is 0 Å². The van der Waals surface area contributed by atoms with Crippen molar-refractivity contribution in [3.63, 3.8) is 0 Å². The van der Waals surface area contributed by atoms with Crippen LogP contribution in [0.3, 0.4) is 0 Å². The lowest BCUT2D eigenvalue weighted by Gasteiger charge is -2.36. The van der Waals surface area contributed by atoms with Crippen molar-refractivity contribution in [1.29, 1.82) is 5.26 Å². The Hall–Kier alpha value is -2.04. The molecule has 2 rings (SSSR count). The van der Waals surface area contributed by atoms with Crippen molar-refractivity contribution in [3.8, 4) is 17.6 Å². The Morgan fingerprint density at radius 2 is 1.55 bits per heavy atom. The van der Waals surface area contributed by atoms with E-state index < -0.39 is 13.7 Å². The number of phenols is 1. The number of benzene rings is 2. The summed E-state index contributed by atoms with van der Waals surface area (Å²) in [6, 6.07) is 12.9. The molecule has 0 amide bonds. The quantitative estimate of drug-likeness (QED) is 0.298. The van der Waals surface area contributed by atoms with Crippen molar-refractivity contribution in [2.24, 2.45) is 0 Å². The summed E-state index contributed by atoms with van der Waals surface area (Å²) in [5.41, 5.74) is 1.86. The average Bonchev–Trinajstić information content (AvgIpc) is 2.73. The minimum Gasteiger partial charge on any atom is -0.508 e. The molecule has 0 spiro atoms. The lowest BCUT2D eigenvalue weighted by atomic mass is 9.77. The summed E-state index contributed by atoms with van der Waals surface area (Å²) in [5, 5.41) is 19.8. The molecule has 0 aliphatic heterocycles. The number of phenolic OH excluding ortho intramolecular Hbond substituents is 1. The van der Waals surface area contributed by atoms with E-state index in [-0.39, 0.29) is 17.4 Å². The number of rotatable bonds is 10. The van der Waals surface area contributed by atoms with E-state index >= 15 is 0 Å². The number of aromatic hydroxyl groups is 1. The normalized spacial score (nSPS) is 12.5. The van der Waals surface area contributed by atoms with Crippen molar-refractivity contribution in [2.75, 3.05) is 26.4 Å². The van der Waals surface area contributed by atoms with Crippen LogP contribution in [0.5, 0.6) is 11.5 Å². The first-order valence-corrected chi connectivity index (χ1v) is 14.5. The zero-order valence-electron chi connectivity index (χ0n) is 20.8. The van der Waals surface area contributed by atoms with Gasteiger partial charge in [-0.15, -0.1) is 0 Å². The molecule has 0 heterocycles. The molecule has 0 bridgehead atoms. The molecule has 33 heavy (non-hydrogen) atoms. The van der Waals surface area contributed by atoms with Crippen LogP contribution in [0.25, 0.3) is 0 Å². The van der Waals surface area contributed by atoms with E-state index in [2.05, 4.69) is 39.9 Å². The Morgan fingerprint density at radius 1 is 0.939 bits per heavy atom. The second-order valence-electron chi connectivity index (χ2n) is 10.2. The van der Waals surface area contributed by atoms with Crippen LogP contribution in [-0.2, 0) is 14.6 Å². The summed E-state index contributed by atoms with van der Waals surface area (Å²) in [6.07, 6.45) is 0. The van der Waals surface area contributed by atoms with Gasteiger partial charge >= 0.3 is 0 Å². The van der Waals surface area contributed by atoms with E-state index in [0.29, 0.717) is 36.2 Å². The fourth-order valence-electron chi connectivity index (χ4n) is 3.11. The number of hydrogen-bond donors (Lipinski definition) is 1. The Balaban J connectivity index is 1.96. The third-order valence-corrected chi connectivity index (χ3v) is 11.3. The second kappa shape index (κ2) is 10.9. The highest BCUT2D eigenvalue weighted by Crippen LogP contribution is 2.39. The van der Waals surface area contributed by atoms with Gasteiger partial charge in [0.1, 0.15) is 18.4 Å². The van der Waals surface area contributed by atoms with E-state index in [0.717, 1.165) is 11.1 Å². The monoisotopic (exact) mass is 489 g/mol. The molecule has 0 aliphatic carbocycles. The minimum absolute atomic E-state index is 0.170. The Bertz CT molecular complexity index is 976. The van der Waals surface area contributed by atoms with Crippen LogP contribution in [0.15, 0.2) is 36.4 Å². The maximum absolute atomic E-state index is 9.69. The summed E-state index contributed by atoms with van der Waals surface area (Å²) >= 11 is 6.52. The number of nitriles is 1. The maximum atomic E-state index is 9.69. The van der Waals surface area contributed by atoms with Crippen molar-refractivity contribution >= 4 is 19.9 Å². The Morgan fingerprint density at radius 3 is 2.12 bits per heavy atom. The molecule has 0 saturated carbocycles. The first-order chi connectivity index (χ1) is 15.3. The standard InChI is InChI=1S/C26H36ClNO4Si/c1-25(2,3)33(6,7)32-15-13-30-12-14-31-24-19(18-28)16-21(17-23(24)27)26(4,5)20-8-10-22(29)11-9-20/h8-11,16-17,29H,12-15H2,1-7H3. The van der Waals surface area contributed by atoms with Crippen LogP contribution in [0.4, 0.5) is 0 Å². The zero-order chi connectivity index (χ0) is 24.9. The molecular formula is C26H36ClNO4Si. The van der Waals surface area contributed by atoms with E-state index in [1.54, 1.807) is 12.1 Å². The lowest BCUT2D eigenvalue weighted by molar-refractivity contribution is 0.0730. The average molecular weight is 490 g/mol. The minimum atomic E-state index is -1.77. The van der Waals surface area contributed by atoms with Gasteiger partial charge in [-0.05, 0) is 53.5 Å². The van der Waals surface area contributed by atoms with Gasteiger partial charge < -0.3 is 19.0 Å². The molecule has 0 radical (unpaired) electrons. The molecular weight excluding hydrogens is 454 g/mol. The summed E-state index contributed by atoms with van der Waals surface area (Å²) in [6.45, 7) is 16.9. The third kappa shape index (κ3) is 6.97. The van der Waals surface area contributed by atoms with E-state index in [1.165, 1.54) is 0 Å².